The summed E-state index contributed by atoms with van der Waals surface area (Å²) < 4.78 is 6.43. The minimum atomic E-state index is 0.237. The van der Waals surface area contributed by atoms with Crippen LogP contribution in [0.3, 0.4) is 0 Å². The molecule has 1 aromatic heterocycles. The maximum absolute atomic E-state index is 9.00. The van der Waals surface area contributed by atoms with Crippen LogP contribution >= 0.6 is 15.9 Å². The van der Waals surface area contributed by atoms with Gasteiger partial charge in [-0.1, -0.05) is 0 Å². The van der Waals surface area contributed by atoms with Gasteiger partial charge in [0.15, 0.2) is 0 Å². The van der Waals surface area contributed by atoms with Crippen molar-refractivity contribution in [2.75, 3.05) is 18.5 Å². The smallest absolute Gasteiger partial charge is 0.144 e. The number of anilines is 1. The summed E-state index contributed by atoms with van der Waals surface area (Å²) in [7, 11) is 0. The van der Waals surface area contributed by atoms with Gasteiger partial charge in [-0.3, -0.25) is 0 Å². The molecule has 1 saturated heterocycles. The predicted molar refractivity (Wildman–Crippen MR) is 68.7 cm³/mol. The van der Waals surface area contributed by atoms with E-state index in [1.165, 1.54) is 6.42 Å². The van der Waals surface area contributed by atoms with Crippen LogP contribution in [-0.4, -0.2) is 24.2 Å². The van der Waals surface area contributed by atoms with Crippen molar-refractivity contribution in [3.63, 3.8) is 0 Å². The van der Waals surface area contributed by atoms with Crippen molar-refractivity contribution in [2.24, 2.45) is 0 Å². The van der Waals surface area contributed by atoms with Gasteiger partial charge < -0.3 is 10.1 Å². The number of hydrogen-bond donors (Lipinski definition) is 1. The van der Waals surface area contributed by atoms with E-state index in [2.05, 4.69) is 32.3 Å². The van der Waals surface area contributed by atoms with Gasteiger partial charge >= 0.3 is 0 Å². The van der Waals surface area contributed by atoms with Crippen LogP contribution in [0, 0.1) is 11.3 Å². The van der Waals surface area contributed by atoms with Crippen LogP contribution in [0.1, 0.15) is 24.8 Å². The lowest BCUT2D eigenvalue weighted by Crippen LogP contribution is -2.27. The zero-order valence-electron chi connectivity index (χ0n) is 9.45. The molecule has 0 radical (unpaired) electrons. The highest BCUT2D eigenvalue weighted by atomic mass is 79.9. The average Bonchev–Trinajstić information content (AvgIpc) is 2.38. The first-order valence-electron chi connectivity index (χ1n) is 5.70. The minimum Gasteiger partial charge on any atom is -0.376 e. The maximum Gasteiger partial charge on any atom is 0.144 e. The predicted octanol–water partition coefficient (Wildman–Crippen LogP) is 2.70. The van der Waals surface area contributed by atoms with E-state index < -0.39 is 0 Å². The molecule has 0 aliphatic carbocycles. The lowest BCUT2D eigenvalue weighted by molar-refractivity contribution is 0.0247. The quantitative estimate of drug-likeness (QED) is 0.931. The molecule has 5 heteroatoms. The molecular weight excluding hydrogens is 282 g/mol. The Labute approximate surface area is 109 Å². The SMILES string of the molecule is N#Cc1cc(Br)cnc1NC[C@@H]1CCCCO1. The van der Waals surface area contributed by atoms with Crippen LogP contribution in [-0.2, 0) is 4.74 Å². The molecule has 1 N–H and O–H groups in total. The monoisotopic (exact) mass is 295 g/mol. The first-order chi connectivity index (χ1) is 8.29. The third-order valence-electron chi connectivity index (χ3n) is 2.75. The molecule has 1 aliphatic heterocycles. The van der Waals surface area contributed by atoms with Crippen LogP contribution in [0.25, 0.3) is 0 Å². The van der Waals surface area contributed by atoms with Crippen molar-refractivity contribution in [3.05, 3.63) is 22.3 Å². The molecule has 0 saturated carbocycles. The van der Waals surface area contributed by atoms with Crippen LogP contribution in [0.5, 0.6) is 0 Å². The zero-order chi connectivity index (χ0) is 12.1. The molecule has 1 aliphatic rings. The van der Waals surface area contributed by atoms with E-state index in [1.807, 2.05) is 0 Å². The van der Waals surface area contributed by atoms with E-state index in [9.17, 15) is 0 Å². The van der Waals surface area contributed by atoms with Crippen molar-refractivity contribution in [3.8, 4) is 6.07 Å². The van der Waals surface area contributed by atoms with E-state index >= 15 is 0 Å². The molecular formula is C12H14BrN3O. The molecule has 0 spiro atoms. The Balaban J connectivity index is 1.96. The number of hydrogen-bond acceptors (Lipinski definition) is 4. The molecule has 0 bridgehead atoms. The van der Waals surface area contributed by atoms with Gasteiger partial charge in [0, 0.05) is 23.8 Å². The van der Waals surface area contributed by atoms with E-state index in [0.29, 0.717) is 17.9 Å². The summed E-state index contributed by atoms with van der Waals surface area (Å²) >= 11 is 3.30. The number of aromatic nitrogens is 1. The second-order valence-corrected chi connectivity index (χ2v) is 4.95. The van der Waals surface area contributed by atoms with Gasteiger partial charge in [-0.15, -0.1) is 0 Å². The lowest BCUT2D eigenvalue weighted by atomic mass is 10.1. The summed E-state index contributed by atoms with van der Waals surface area (Å²) in [6, 6.07) is 3.89. The molecule has 4 nitrogen and oxygen atoms in total. The fourth-order valence-corrected chi connectivity index (χ4v) is 2.18. The topological polar surface area (TPSA) is 57.9 Å². The molecule has 1 aromatic rings. The molecule has 2 heterocycles. The number of nitriles is 1. The maximum atomic E-state index is 9.00. The Morgan fingerprint density at radius 3 is 3.18 bits per heavy atom. The fraction of sp³-hybridized carbons (Fsp3) is 0.500. The highest BCUT2D eigenvalue weighted by molar-refractivity contribution is 9.10. The van der Waals surface area contributed by atoms with Crippen LogP contribution < -0.4 is 5.32 Å². The summed E-state index contributed by atoms with van der Waals surface area (Å²) in [5, 5.41) is 12.2. The average molecular weight is 296 g/mol. The Bertz CT molecular complexity index is 424. The van der Waals surface area contributed by atoms with Crippen LogP contribution in [0.15, 0.2) is 16.7 Å². The van der Waals surface area contributed by atoms with Crippen molar-refractivity contribution >= 4 is 21.7 Å². The number of halogens is 1. The van der Waals surface area contributed by atoms with Crippen molar-refractivity contribution < 1.29 is 4.74 Å². The van der Waals surface area contributed by atoms with Gasteiger partial charge in [-0.2, -0.15) is 5.26 Å². The first-order valence-corrected chi connectivity index (χ1v) is 6.50. The van der Waals surface area contributed by atoms with Gasteiger partial charge in [-0.25, -0.2) is 4.98 Å². The highest BCUT2D eigenvalue weighted by Gasteiger charge is 2.14. The summed E-state index contributed by atoms with van der Waals surface area (Å²) in [5.74, 6) is 0.630. The van der Waals surface area contributed by atoms with Gasteiger partial charge in [0.05, 0.1) is 11.7 Å². The largest absolute Gasteiger partial charge is 0.376 e. The summed E-state index contributed by atoms with van der Waals surface area (Å²) in [5.41, 5.74) is 0.551. The van der Waals surface area contributed by atoms with Gasteiger partial charge in [-0.05, 0) is 41.3 Å². The second-order valence-electron chi connectivity index (χ2n) is 4.03. The number of ether oxygens (including phenoxy) is 1. The Kier molecular flexibility index (Phi) is 4.35. The standard InChI is InChI=1S/C12H14BrN3O/c13-10-5-9(6-14)12(15-7-10)16-8-11-3-1-2-4-17-11/h5,7,11H,1-4,8H2,(H,15,16)/t11-/m0/s1. The van der Waals surface area contributed by atoms with Gasteiger partial charge in [0.1, 0.15) is 11.9 Å². The van der Waals surface area contributed by atoms with Gasteiger partial charge in [0.25, 0.3) is 0 Å². The normalized spacial score (nSPS) is 19.6. The molecule has 90 valence electrons. The minimum absolute atomic E-state index is 0.237. The first kappa shape index (κ1) is 12.3. The van der Waals surface area contributed by atoms with Crippen molar-refractivity contribution in [1.29, 1.82) is 5.26 Å². The molecule has 1 fully saturated rings. The second kappa shape index (κ2) is 5.99. The Hall–Kier alpha value is -1.12. The van der Waals surface area contributed by atoms with E-state index in [4.69, 9.17) is 10.00 Å². The third-order valence-corrected chi connectivity index (χ3v) is 3.18. The Morgan fingerprint density at radius 1 is 1.59 bits per heavy atom. The Morgan fingerprint density at radius 2 is 2.47 bits per heavy atom. The molecule has 17 heavy (non-hydrogen) atoms. The lowest BCUT2D eigenvalue weighted by Gasteiger charge is -2.23. The number of pyridine rings is 1. The number of nitrogens with one attached hydrogen (secondary N) is 1. The molecule has 1 atom stereocenters. The molecule has 0 aromatic carbocycles. The zero-order valence-corrected chi connectivity index (χ0v) is 11.0. The van der Waals surface area contributed by atoms with Crippen molar-refractivity contribution in [1.82, 2.24) is 4.98 Å². The summed E-state index contributed by atoms with van der Waals surface area (Å²) in [4.78, 5) is 4.20. The third kappa shape index (κ3) is 3.42. The molecule has 0 amide bonds. The highest BCUT2D eigenvalue weighted by Crippen LogP contribution is 2.18. The fourth-order valence-electron chi connectivity index (χ4n) is 1.84. The van der Waals surface area contributed by atoms with E-state index in [0.717, 1.165) is 23.9 Å². The number of nitrogens with zero attached hydrogens (tertiary/aromatic N) is 2. The number of rotatable bonds is 3. The van der Waals surface area contributed by atoms with Gasteiger partial charge in [0.2, 0.25) is 0 Å². The molecule has 2 rings (SSSR count). The summed E-state index contributed by atoms with van der Waals surface area (Å²) in [6.45, 7) is 1.55. The summed E-state index contributed by atoms with van der Waals surface area (Å²) in [6.07, 6.45) is 5.36. The molecule has 0 unspecified atom stereocenters. The van der Waals surface area contributed by atoms with Crippen LogP contribution in [0.4, 0.5) is 5.82 Å². The van der Waals surface area contributed by atoms with E-state index in [-0.39, 0.29) is 6.10 Å². The van der Waals surface area contributed by atoms with Crippen molar-refractivity contribution in [2.45, 2.75) is 25.4 Å². The van der Waals surface area contributed by atoms with E-state index in [1.54, 1.807) is 12.3 Å². The van der Waals surface area contributed by atoms with Crippen LogP contribution in [0.2, 0.25) is 0 Å².